The van der Waals surface area contributed by atoms with Crippen molar-refractivity contribution in [2.45, 2.75) is 214 Å². The van der Waals surface area contributed by atoms with Crippen LogP contribution in [0, 0.1) is 47.3 Å². The molecule has 0 aromatic rings. The smallest absolute Gasteiger partial charge is 0.408 e. The molecule has 2 saturated heterocycles. The highest BCUT2D eigenvalue weighted by molar-refractivity contribution is 6.52. The second-order valence-electron chi connectivity index (χ2n) is 22.9. The van der Waals surface area contributed by atoms with Crippen molar-refractivity contribution in [2.75, 3.05) is 13.1 Å². The molecule has 8 rings (SSSR count). The molecule has 18 nitrogen and oxygen atoms in total. The van der Waals surface area contributed by atoms with E-state index in [0.717, 1.165) is 103 Å². The van der Waals surface area contributed by atoms with Gasteiger partial charge in [0, 0.05) is 36.8 Å². The molecule has 0 spiro atoms. The number of nitrogens with two attached hydrogens (primary N) is 3. The SMILES string of the molecule is C.C.CC(C)(C)OC(=O)N[C@H](C(=O)N1C[C@H]2[C@@H]([C@H]1C(=O)NC(CC1CCC1)C(O)C(N)=O)C2(Cl)Cl)C1CCCCC1.Cl.NC(=O)C(O)C(CC1CCC1)NC(=O)[C@@H]1[C@@H]2[C@H](CN1C(=O)[C@@H](N)C1CCCCC1)C2(Cl)Cl. The number of fused-ring (bicyclic) bond motifs is 2. The first-order valence-electron chi connectivity index (χ1n) is 26.0. The fourth-order valence-corrected chi connectivity index (χ4v) is 13.9. The molecular formula is C51H85Cl5N8O10. The van der Waals surface area contributed by atoms with Crippen LogP contribution in [0.15, 0.2) is 0 Å². The first-order chi connectivity index (χ1) is 33.3. The number of aliphatic hydroxyl groups excluding tert-OH is 2. The third-order valence-corrected chi connectivity index (χ3v) is 19.0. The number of nitrogens with zero attached hydrogens (tertiary/aromatic N) is 2. The van der Waals surface area contributed by atoms with Crippen molar-refractivity contribution >= 4 is 100 Å². The van der Waals surface area contributed by atoms with Gasteiger partial charge in [0.15, 0.2) is 12.2 Å². The van der Waals surface area contributed by atoms with Crippen LogP contribution in [0.5, 0.6) is 0 Å². The Balaban J connectivity index is 0.000000313. The van der Waals surface area contributed by atoms with Gasteiger partial charge in [0.25, 0.3) is 0 Å². The number of nitrogens with one attached hydrogen (secondary N) is 3. The molecule has 424 valence electrons. The normalized spacial score (nSPS) is 29.2. The van der Waals surface area contributed by atoms with E-state index in [0.29, 0.717) is 18.8 Å². The van der Waals surface area contributed by atoms with Gasteiger partial charge in [-0.3, -0.25) is 28.8 Å². The largest absolute Gasteiger partial charge is 0.444 e. The molecule has 0 aromatic carbocycles. The lowest BCUT2D eigenvalue weighted by Crippen LogP contribution is -2.60. The fourth-order valence-electron chi connectivity index (χ4n) is 12.3. The minimum atomic E-state index is -1.56. The van der Waals surface area contributed by atoms with Gasteiger partial charge in [-0.05, 0) is 83.0 Å². The zero-order chi connectivity index (χ0) is 51.9. The summed E-state index contributed by atoms with van der Waals surface area (Å²) in [5.41, 5.74) is 16.3. The summed E-state index contributed by atoms with van der Waals surface area (Å²) in [5.74, 6) is -4.25. The van der Waals surface area contributed by atoms with E-state index in [4.69, 9.17) is 68.3 Å². The van der Waals surface area contributed by atoms with Crippen LogP contribution in [0.3, 0.4) is 0 Å². The summed E-state index contributed by atoms with van der Waals surface area (Å²) in [6, 6.07) is -5.11. The Morgan fingerprint density at radius 1 is 0.608 bits per heavy atom. The molecule has 11 N–H and O–H groups in total. The number of likely N-dealkylation sites (tertiary alicyclic amines) is 2. The Kier molecular flexibility index (Phi) is 22.4. The van der Waals surface area contributed by atoms with Crippen molar-refractivity contribution in [1.82, 2.24) is 25.8 Å². The Hall–Kier alpha value is -2.58. The van der Waals surface area contributed by atoms with Crippen LogP contribution in [0.2, 0.25) is 0 Å². The van der Waals surface area contributed by atoms with Crippen molar-refractivity contribution in [3.8, 4) is 0 Å². The van der Waals surface area contributed by atoms with Gasteiger partial charge in [0.1, 0.15) is 32.4 Å². The number of primary amides is 2. The fraction of sp³-hybridized carbons (Fsp3) is 0.863. The van der Waals surface area contributed by atoms with Crippen molar-refractivity contribution in [3.63, 3.8) is 0 Å². The number of ether oxygens (including phenoxy) is 1. The van der Waals surface area contributed by atoms with E-state index in [1.807, 2.05) is 0 Å². The van der Waals surface area contributed by atoms with Gasteiger partial charge in [0.2, 0.25) is 35.4 Å². The number of carbonyl (C=O) groups is 7. The van der Waals surface area contributed by atoms with Gasteiger partial charge in [-0.1, -0.05) is 91.9 Å². The van der Waals surface area contributed by atoms with Crippen molar-refractivity contribution in [3.05, 3.63) is 0 Å². The Morgan fingerprint density at radius 2 is 0.986 bits per heavy atom. The predicted molar refractivity (Wildman–Crippen MR) is 287 cm³/mol. The van der Waals surface area contributed by atoms with Crippen LogP contribution in [0.25, 0.3) is 0 Å². The Bertz CT molecular complexity index is 2000. The highest BCUT2D eigenvalue weighted by Crippen LogP contribution is 2.66. The van der Waals surface area contributed by atoms with E-state index in [2.05, 4.69) is 16.0 Å². The number of hydrogen-bond acceptors (Lipinski definition) is 11. The van der Waals surface area contributed by atoms with E-state index in [-0.39, 0.29) is 81.8 Å². The molecule has 23 heteroatoms. The molecule has 6 saturated carbocycles. The van der Waals surface area contributed by atoms with Gasteiger partial charge >= 0.3 is 6.09 Å². The number of carbonyl (C=O) groups excluding carboxylic acids is 7. The Labute approximate surface area is 463 Å². The summed E-state index contributed by atoms with van der Waals surface area (Å²) < 4.78 is 3.22. The average molecular weight is 1150 g/mol. The van der Waals surface area contributed by atoms with Gasteiger partial charge in [-0.2, -0.15) is 0 Å². The monoisotopic (exact) mass is 1140 g/mol. The minimum Gasteiger partial charge on any atom is -0.444 e. The van der Waals surface area contributed by atoms with Crippen LogP contribution in [-0.2, 0) is 33.5 Å². The number of rotatable bonds is 17. The molecule has 74 heavy (non-hydrogen) atoms. The molecule has 12 atom stereocenters. The second kappa shape index (κ2) is 25.9. The average Bonchev–Trinajstić information content (AvgIpc) is 3.73. The third-order valence-electron chi connectivity index (χ3n) is 16.9. The quantitative estimate of drug-likeness (QED) is 0.0859. The van der Waals surface area contributed by atoms with Crippen LogP contribution < -0.4 is 33.2 Å². The molecule has 8 fully saturated rings. The van der Waals surface area contributed by atoms with E-state index in [1.54, 1.807) is 20.8 Å². The highest BCUT2D eigenvalue weighted by Gasteiger charge is 2.75. The Morgan fingerprint density at radius 3 is 1.34 bits per heavy atom. The standard InChI is InChI=1S/C27H42Cl2N4O6.C22H34Cl2N4O4.2CH4.ClH/c1-26(2,3)39-25(38)32-19(15-10-5-4-6-11-15)24(37)33-13-16-18(27(16,28)29)20(33)23(36)31-17(21(34)22(30)35)12-14-8-7-9-14;23-22(24)13-10-28(21(32)16(25)12-7-2-1-3-8-12)17(15(13)22)20(31)27-14(18(29)19(26)30)9-11-5-4-6-11;;;/h14-21,34H,4-13H2,1-3H3,(H2,30,35)(H,31,36)(H,32,38);11-18,29H,1-10,25H2,(H2,26,30)(H,27,31);2*1H4;1H/t16-,17?,18-,19-,20-,21?;13-,14?,15-,16-,17-,18?;;;/m00.../s1. The van der Waals surface area contributed by atoms with E-state index in [9.17, 15) is 43.8 Å². The van der Waals surface area contributed by atoms with Crippen LogP contribution in [0.4, 0.5) is 4.79 Å². The first kappa shape index (κ1) is 63.9. The van der Waals surface area contributed by atoms with Crippen molar-refractivity contribution in [1.29, 1.82) is 0 Å². The first-order valence-corrected chi connectivity index (χ1v) is 27.5. The summed E-state index contributed by atoms with van der Waals surface area (Å²) in [6.45, 7) is 5.69. The molecule has 8 aliphatic rings. The summed E-state index contributed by atoms with van der Waals surface area (Å²) in [6.07, 6.45) is 12.7. The van der Waals surface area contributed by atoms with Crippen molar-refractivity contribution in [2.24, 2.45) is 64.5 Å². The zero-order valence-electron chi connectivity index (χ0n) is 41.6. The maximum absolute atomic E-state index is 14.1. The number of hydrogen-bond donors (Lipinski definition) is 8. The molecule has 2 aliphatic heterocycles. The lowest BCUT2D eigenvalue weighted by molar-refractivity contribution is -0.143. The zero-order valence-corrected chi connectivity index (χ0v) is 45.4. The maximum Gasteiger partial charge on any atom is 0.408 e. The van der Waals surface area contributed by atoms with E-state index >= 15 is 0 Å². The number of alkyl carbamates (subject to hydrolysis) is 1. The lowest BCUT2D eigenvalue weighted by Gasteiger charge is -2.37. The predicted octanol–water partition coefficient (Wildman–Crippen LogP) is 5.35. The van der Waals surface area contributed by atoms with Gasteiger partial charge in [-0.25, -0.2) is 4.79 Å². The molecule has 7 amide bonds. The minimum absolute atomic E-state index is 0. The summed E-state index contributed by atoms with van der Waals surface area (Å²) >= 11 is 25.8. The molecule has 0 aromatic heterocycles. The number of piperidine rings is 2. The summed E-state index contributed by atoms with van der Waals surface area (Å²) in [7, 11) is 0. The topological polar surface area (TPSA) is 290 Å². The van der Waals surface area contributed by atoms with Crippen molar-refractivity contribution < 1.29 is 48.5 Å². The number of aliphatic hydroxyl groups is 2. The second-order valence-corrected chi connectivity index (χ2v) is 25.8. The highest BCUT2D eigenvalue weighted by atomic mass is 35.5. The number of alkyl halides is 4. The number of halogens is 5. The summed E-state index contributed by atoms with van der Waals surface area (Å²) in [5, 5.41) is 29.2. The molecule has 2 heterocycles. The van der Waals surface area contributed by atoms with Crippen LogP contribution in [-0.4, -0.2) is 137 Å². The molecule has 6 aliphatic carbocycles. The summed E-state index contributed by atoms with van der Waals surface area (Å²) in [4.78, 5) is 93.7. The van der Waals surface area contributed by atoms with E-state index in [1.165, 1.54) is 9.80 Å². The third kappa shape index (κ3) is 14.4. The molecule has 0 radical (unpaired) electrons. The molecule has 0 bridgehead atoms. The number of amides is 7. The van der Waals surface area contributed by atoms with E-state index < -0.39 is 104 Å². The van der Waals surface area contributed by atoms with Crippen LogP contribution >= 0.6 is 58.8 Å². The van der Waals surface area contributed by atoms with Crippen LogP contribution in [0.1, 0.15) is 151 Å². The molecular weight excluding hydrogens is 1060 g/mol. The van der Waals surface area contributed by atoms with Gasteiger partial charge < -0.3 is 57.9 Å². The molecule has 4 unspecified atom stereocenters. The lowest BCUT2D eigenvalue weighted by atomic mass is 9.79. The van der Waals surface area contributed by atoms with Gasteiger partial charge in [0.05, 0.1) is 18.1 Å². The maximum atomic E-state index is 14.1. The van der Waals surface area contributed by atoms with Gasteiger partial charge in [-0.15, -0.1) is 58.8 Å².